The molecule has 2 aromatic rings. The molecule has 1 amide bonds. The lowest BCUT2D eigenvalue weighted by molar-refractivity contribution is 0.0311. The maximum Gasteiger partial charge on any atom is 0.358 e. The first kappa shape index (κ1) is 18.5. The van der Waals surface area contributed by atoms with Gasteiger partial charge in [-0.05, 0) is 49.9 Å². The van der Waals surface area contributed by atoms with Crippen molar-refractivity contribution in [1.29, 1.82) is 0 Å². The number of rotatable bonds is 5. The third-order valence-corrected chi connectivity index (χ3v) is 5.64. The summed E-state index contributed by atoms with van der Waals surface area (Å²) < 4.78 is 27.8. The SMILES string of the molecule is NS(=O)(=O)c1ccc(C(=O)Nc2nc(C(=O)OC3CCCC3)cs2)cc1. The molecule has 8 nitrogen and oxygen atoms in total. The zero-order valence-electron chi connectivity index (χ0n) is 13.7. The summed E-state index contributed by atoms with van der Waals surface area (Å²) in [4.78, 5) is 28.2. The Labute approximate surface area is 154 Å². The molecule has 0 unspecified atom stereocenters. The van der Waals surface area contributed by atoms with Crippen molar-refractivity contribution in [2.24, 2.45) is 5.14 Å². The zero-order valence-corrected chi connectivity index (χ0v) is 15.3. The molecule has 0 saturated heterocycles. The van der Waals surface area contributed by atoms with Crippen molar-refractivity contribution in [2.75, 3.05) is 5.32 Å². The molecule has 0 bridgehead atoms. The summed E-state index contributed by atoms with van der Waals surface area (Å²) in [5.74, 6) is -0.970. The minimum absolute atomic E-state index is 0.0559. The molecule has 3 N–H and O–H groups in total. The number of esters is 1. The number of hydrogen-bond acceptors (Lipinski definition) is 7. The van der Waals surface area contributed by atoms with E-state index in [1.165, 1.54) is 29.6 Å². The van der Waals surface area contributed by atoms with E-state index in [2.05, 4.69) is 10.3 Å². The Bertz CT molecular complexity index is 916. The highest BCUT2D eigenvalue weighted by atomic mass is 32.2. The number of anilines is 1. The van der Waals surface area contributed by atoms with Crippen LogP contribution in [0.4, 0.5) is 5.13 Å². The molecule has 0 radical (unpaired) electrons. The van der Waals surface area contributed by atoms with Crippen molar-refractivity contribution >= 4 is 38.4 Å². The van der Waals surface area contributed by atoms with Crippen molar-refractivity contribution in [3.8, 4) is 0 Å². The highest BCUT2D eigenvalue weighted by Crippen LogP contribution is 2.23. The number of nitrogens with two attached hydrogens (primary N) is 1. The molecule has 1 aliphatic carbocycles. The molecular weight excluding hydrogens is 378 g/mol. The van der Waals surface area contributed by atoms with Crippen LogP contribution in [0, 0.1) is 0 Å². The van der Waals surface area contributed by atoms with E-state index in [-0.39, 0.29) is 27.4 Å². The summed E-state index contributed by atoms with van der Waals surface area (Å²) in [6.45, 7) is 0. The lowest BCUT2D eigenvalue weighted by Gasteiger charge is -2.09. The molecule has 26 heavy (non-hydrogen) atoms. The first-order chi connectivity index (χ1) is 12.3. The van der Waals surface area contributed by atoms with E-state index >= 15 is 0 Å². The Balaban J connectivity index is 1.63. The van der Waals surface area contributed by atoms with E-state index in [1.54, 1.807) is 0 Å². The Morgan fingerprint density at radius 1 is 1.19 bits per heavy atom. The monoisotopic (exact) mass is 395 g/mol. The maximum atomic E-state index is 12.2. The number of aromatic nitrogens is 1. The van der Waals surface area contributed by atoms with E-state index in [0.29, 0.717) is 0 Å². The largest absolute Gasteiger partial charge is 0.458 e. The number of nitrogens with one attached hydrogen (secondary N) is 1. The van der Waals surface area contributed by atoms with Crippen LogP contribution in [0.25, 0.3) is 0 Å². The molecule has 0 atom stereocenters. The van der Waals surface area contributed by atoms with Gasteiger partial charge in [0, 0.05) is 10.9 Å². The quantitative estimate of drug-likeness (QED) is 0.746. The number of primary sulfonamides is 1. The number of benzene rings is 1. The zero-order chi connectivity index (χ0) is 18.7. The van der Waals surface area contributed by atoms with Gasteiger partial charge in [-0.3, -0.25) is 10.1 Å². The number of amides is 1. The van der Waals surface area contributed by atoms with Crippen molar-refractivity contribution in [3.05, 3.63) is 40.9 Å². The van der Waals surface area contributed by atoms with E-state index in [0.717, 1.165) is 37.0 Å². The van der Waals surface area contributed by atoms with Gasteiger partial charge in [-0.2, -0.15) is 0 Å². The molecule has 10 heteroatoms. The van der Waals surface area contributed by atoms with Crippen LogP contribution < -0.4 is 10.5 Å². The average Bonchev–Trinajstić information content (AvgIpc) is 3.26. The second-order valence-electron chi connectivity index (χ2n) is 5.87. The minimum Gasteiger partial charge on any atom is -0.458 e. The second kappa shape index (κ2) is 7.52. The molecule has 1 saturated carbocycles. The number of hydrogen-bond donors (Lipinski definition) is 2. The number of carbonyl (C=O) groups is 2. The number of nitrogens with zero attached hydrogens (tertiary/aromatic N) is 1. The Hall–Kier alpha value is -2.30. The Morgan fingerprint density at radius 2 is 1.85 bits per heavy atom. The number of sulfonamides is 1. The number of thiazole rings is 1. The molecule has 1 aromatic heterocycles. The summed E-state index contributed by atoms with van der Waals surface area (Å²) in [6.07, 6.45) is 3.79. The van der Waals surface area contributed by atoms with Crippen LogP contribution >= 0.6 is 11.3 Å². The summed E-state index contributed by atoms with van der Waals surface area (Å²) in [5.41, 5.74) is 0.393. The molecule has 0 aliphatic heterocycles. The molecule has 3 rings (SSSR count). The van der Waals surface area contributed by atoms with Crippen molar-refractivity contribution in [1.82, 2.24) is 4.98 Å². The maximum absolute atomic E-state index is 12.2. The summed E-state index contributed by atoms with van der Waals surface area (Å²) in [6, 6.07) is 5.18. The normalized spacial score (nSPS) is 15.0. The van der Waals surface area contributed by atoms with Gasteiger partial charge in [0.25, 0.3) is 5.91 Å². The molecular formula is C16H17N3O5S2. The molecule has 1 heterocycles. The van der Waals surface area contributed by atoms with Crippen LogP contribution in [-0.2, 0) is 14.8 Å². The third kappa shape index (κ3) is 4.45. The van der Waals surface area contributed by atoms with Crippen LogP contribution in [0.2, 0.25) is 0 Å². The summed E-state index contributed by atoms with van der Waals surface area (Å²) in [7, 11) is -3.81. The van der Waals surface area contributed by atoms with E-state index in [1.807, 2.05) is 0 Å². The molecule has 138 valence electrons. The molecule has 1 aromatic carbocycles. The lowest BCUT2D eigenvalue weighted by Crippen LogP contribution is -2.16. The van der Waals surface area contributed by atoms with E-state index in [9.17, 15) is 18.0 Å². The van der Waals surface area contributed by atoms with Gasteiger partial charge in [-0.25, -0.2) is 23.3 Å². The first-order valence-electron chi connectivity index (χ1n) is 7.93. The van der Waals surface area contributed by atoms with Crippen LogP contribution in [0.1, 0.15) is 46.5 Å². The number of ether oxygens (including phenoxy) is 1. The number of carbonyl (C=O) groups excluding carboxylic acids is 2. The fraction of sp³-hybridized carbons (Fsp3) is 0.312. The topological polar surface area (TPSA) is 128 Å². The minimum atomic E-state index is -3.81. The van der Waals surface area contributed by atoms with Gasteiger partial charge in [0.15, 0.2) is 10.8 Å². The summed E-state index contributed by atoms with van der Waals surface area (Å²) in [5, 5.41) is 9.36. The highest BCUT2D eigenvalue weighted by Gasteiger charge is 2.22. The lowest BCUT2D eigenvalue weighted by atomic mass is 10.2. The van der Waals surface area contributed by atoms with Gasteiger partial charge in [-0.1, -0.05) is 0 Å². The van der Waals surface area contributed by atoms with E-state index in [4.69, 9.17) is 9.88 Å². The van der Waals surface area contributed by atoms with Gasteiger partial charge in [0.1, 0.15) is 6.10 Å². The average molecular weight is 395 g/mol. The molecule has 1 fully saturated rings. The van der Waals surface area contributed by atoms with Gasteiger partial charge in [0.05, 0.1) is 4.90 Å². The van der Waals surface area contributed by atoms with Gasteiger partial charge < -0.3 is 4.74 Å². The first-order valence-corrected chi connectivity index (χ1v) is 10.4. The predicted molar refractivity (Wildman–Crippen MR) is 95.6 cm³/mol. The second-order valence-corrected chi connectivity index (χ2v) is 8.29. The van der Waals surface area contributed by atoms with Crippen LogP contribution in [-0.4, -0.2) is 31.4 Å². The van der Waals surface area contributed by atoms with Crippen molar-refractivity contribution in [2.45, 2.75) is 36.7 Å². The smallest absolute Gasteiger partial charge is 0.358 e. The van der Waals surface area contributed by atoms with Crippen molar-refractivity contribution < 1.29 is 22.7 Å². The summed E-state index contributed by atoms with van der Waals surface area (Å²) >= 11 is 1.11. The highest BCUT2D eigenvalue weighted by molar-refractivity contribution is 7.89. The predicted octanol–water partition coefficient (Wildman–Crippen LogP) is 2.14. The van der Waals surface area contributed by atoms with Gasteiger partial charge in [-0.15, -0.1) is 11.3 Å². The third-order valence-electron chi connectivity index (χ3n) is 3.95. The molecule has 0 spiro atoms. The molecule has 1 aliphatic rings. The van der Waals surface area contributed by atoms with E-state index < -0.39 is 21.9 Å². The standard InChI is InChI=1S/C16H17N3O5S2/c17-26(22,23)12-7-5-10(6-8-12)14(20)19-16-18-13(9-25-16)15(21)24-11-3-1-2-4-11/h5-9,11H,1-4H2,(H2,17,22,23)(H,18,19,20). The fourth-order valence-electron chi connectivity index (χ4n) is 2.61. The Kier molecular flexibility index (Phi) is 5.35. The van der Waals surface area contributed by atoms with Crippen LogP contribution in [0.3, 0.4) is 0 Å². The van der Waals surface area contributed by atoms with Crippen LogP contribution in [0.5, 0.6) is 0 Å². The van der Waals surface area contributed by atoms with Gasteiger partial charge >= 0.3 is 5.97 Å². The fourth-order valence-corrected chi connectivity index (χ4v) is 3.80. The Morgan fingerprint density at radius 3 is 2.46 bits per heavy atom. The van der Waals surface area contributed by atoms with Crippen LogP contribution in [0.15, 0.2) is 34.5 Å². The van der Waals surface area contributed by atoms with Crippen molar-refractivity contribution in [3.63, 3.8) is 0 Å². The van der Waals surface area contributed by atoms with Gasteiger partial charge in [0.2, 0.25) is 10.0 Å².